The molecular formula is C46H54F2N12O4. The molecule has 4 fully saturated rings. The zero-order chi connectivity index (χ0) is 45.2. The normalized spacial score (nSPS) is 25.7. The van der Waals surface area contributed by atoms with Crippen LogP contribution in [0, 0.1) is 46.1 Å². The number of nitrogens with two attached hydrogens (primary N) is 2. The summed E-state index contributed by atoms with van der Waals surface area (Å²) < 4.78 is 31.5. The number of hydrogen-bond donors (Lipinski definition) is 7. The SMILES string of the molecule is N#CCC1(n2cc(C(N)=O)c(NC(=O)C3CC3)n2)CCC(NCc2ccc(F)cc2C2CC2C(=O)Nc2nn(C3(CC#N)CCC(NCc4ccc(F)cc4)CC3)cc2C(N)O)CC1. The van der Waals surface area contributed by atoms with Gasteiger partial charge in [0.15, 0.2) is 11.6 Å². The van der Waals surface area contributed by atoms with E-state index in [0.29, 0.717) is 58.0 Å². The lowest BCUT2D eigenvalue weighted by Gasteiger charge is -2.39. The van der Waals surface area contributed by atoms with E-state index in [1.807, 2.05) is 0 Å². The molecule has 64 heavy (non-hydrogen) atoms. The molecule has 2 aromatic heterocycles. The lowest BCUT2D eigenvalue weighted by molar-refractivity contribution is -0.118. The smallest absolute Gasteiger partial charge is 0.254 e. The molecule has 2 heterocycles. The molecule has 2 aromatic carbocycles. The maximum absolute atomic E-state index is 14.8. The van der Waals surface area contributed by atoms with Gasteiger partial charge >= 0.3 is 0 Å². The van der Waals surface area contributed by atoms with Gasteiger partial charge in [0.2, 0.25) is 11.8 Å². The van der Waals surface area contributed by atoms with E-state index in [4.69, 9.17) is 16.6 Å². The van der Waals surface area contributed by atoms with Gasteiger partial charge in [-0.05, 0) is 118 Å². The van der Waals surface area contributed by atoms with E-state index >= 15 is 0 Å². The summed E-state index contributed by atoms with van der Waals surface area (Å²) in [6.07, 6.45) is 9.27. The van der Waals surface area contributed by atoms with Crippen molar-refractivity contribution >= 4 is 29.4 Å². The zero-order valence-corrected chi connectivity index (χ0v) is 35.5. The van der Waals surface area contributed by atoms with Gasteiger partial charge in [-0.3, -0.25) is 23.7 Å². The highest BCUT2D eigenvalue weighted by atomic mass is 19.1. The Morgan fingerprint density at radius 3 is 1.94 bits per heavy atom. The van der Waals surface area contributed by atoms with E-state index < -0.39 is 34.9 Å². The molecular weight excluding hydrogens is 823 g/mol. The number of carbonyl (C=O) groups is 3. The highest BCUT2D eigenvalue weighted by molar-refractivity contribution is 6.02. The molecule has 18 heteroatoms. The third kappa shape index (κ3) is 9.70. The van der Waals surface area contributed by atoms with E-state index in [2.05, 4.69) is 38.5 Å². The maximum atomic E-state index is 14.8. The molecule has 4 aromatic rings. The average Bonchev–Trinajstić information content (AvgIpc) is 4.20. The Morgan fingerprint density at radius 2 is 1.36 bits per heavy atom. The summed E-state index contributed by atoms with van der Waals surface area (Å²) in [5.74, 6) is -2.57. The number of aliphatic hydroxyl groups excluding tert-OH is 1. The number of nitrogens with one attached hydrogen (secondary N) is 4. The number of aliphatic hydroxyl groups is 1. The van der Waals surface area contributed by atoms with Crippen molar-refractivity contribution in [2.45, 2.75) is 132 Å². The molecule has 9 N–H and O–H groups in total. The first-order chi connectivity index (χ1) is 30.8. The lowest BCUT2D eigenvalue weighted by Crippen LogP contribution is -2.43. The van der Waals surface area contributed by atoms with Crippen LogP contribution in [0.25, 0.3) is 0 Å². The van der Waals surface area contributed by atoms with Crippen molar-refractivity contribution in [2.75, 3.05) is 10.6 Å². The van der Waals surface area contributed by atoms with Crippen LogP contribution in [0.5, 0.6) is 0 Å². The fraction of sp³-hybridized carbons (Fsp3) is 0.500. The summed E-state index contributed by atoms with van der Waals surface area (Å²) in [5, 5.41) is 52.3. The van der Waals surface area contributed by atoms with Crippen molar-refractivity contribution < 1.29 is 28.3 Å². The number of nitrogens with zero attached hydrogens (tertiary/aromatic N) is 6. The van der Waals surface area contributed by atoms with Gasteiger partial charge in [-0.25, -0.2) is 8.78 Å². The molecule has 0 aliphatic heterocycles. The van der Waals surface area contributed by atoms with Gasteiger partial charge in [-0.2, -0.15) is 20.7 Å². The first-order valence-electron chi connectivity index (χ1n) is 22.1. The monoisotopic (exact) mass is 876 g/mol. The van der Waals surface area contributed by atoms with Gasteiger partial charge in [-0.1, -0.05) is 18.2 Å². The predicted molar refractivity (Wildman–Crippen MR) is 230 cm³/mol. The molecule has 3 amide bonds. The molecule has 8 rings (SSSR count). The van der Waals surface area contributed by atoms with Gasteiger partial charge in [0.1, 0.15) is 23.4 Å². The number of aromatic nitrogens is 4. The molecule has 0 bridgehead atoms. The summed E-state index contributed by atoms with van der Waals surface area (Å²) in [7, 11) is 0. The summed E-state index contributed by atoms with van der Waals surface area (Å²) in [6.45, 7) is 0.999. The highest BCUT2D eigenvalue weighted by Gasteiger charge is 2.46. The number of carbonyl (C=O) groups excluding carboxylic acids is 3. The summed E-state index contributed by atoms with van der Waals surface area (Å²) in [5.41, 5.74) is 13.1. The molecule has 16 nitrogen and oxygen atoms in total. The van der Waals surface area contributed by atoms with E-state index in [1.54, 1.807) is 33.8 Å². The van der Waals surface area contributed by atoms with E-state index in [-0.39, 0.29) is 77.2 Å². The summed E-state index contributed by atoms with van der Waals surface area (Å²) >= 11 is 0. The standard InChI is InChI=1S/C46H54F2N12O4/c47-30-6-1-27(2-7-30)23-53-32-9-13-45(14-10-32,17-19-49)60-26-38(40(52)62)42(58-60)56-44(64)36-22-35(36)34-21-31(48)8-5-29(34)24-54-33-11-15-46(16-12-33,18-20-50)59-25-37(39(51)61)41(57-59)55-43(63)28-3-4-28/h1-2,5-8,21,25-26,28,32-33,35-36,40,53-54,62H,3-4,9-18,22-24,52H2,(H2,51,61)(H,55,57,63)(H,56,58,64). The Bertz CT molecular complexity index is 2450. The molecule has 4 saturated carbocycles. The minimum atomic E-state index is -1.44. The van der Waals surface area contributed by atoms with Crippen LogP contribution in [0.15, 0.2) is 54.9 Å². The first kappa shape index (κ1) is 44.6. The third-order valence-corrected chi connectivity index (χ3v) is 13.8. The van der Waals surface area contributed by atoms with Crippen molar-refractivity contribution in [2.24, 2.45) is 23.3 Å². The van der Waals surface area contributed by atoms with E-state index in [9.17, 15) is 38.8 Å². The highest BCUT2D eigenvalue weighted by Crippen LogP contribution is 2.50. The summed E-state index contributed by atoms with van der Waals surface area (Å²) in [6, 6.07) is 15.8. The van der Waals surface area contributed by atoms with Crippen LogP contribution in [0.3, 0.4) is 0 Å². The maximum Gasteiger partial charge on any atom is 0.254 e. The van der Waals surface area contributed by atoms with Crippen LogP contribution in [-0.2, 0) is 33.8 Å². The summed E-state index contributed by atoms with van der Waals surface area (Å²) in [4.78, 5) is 38.6. The van der Waals surface area contributed by atoms with Crippen molar-refractivity contribution in [3.63, 3.8) is 0 Å². The Balaban J connectivity index is 0.890. The Hall–Kier alpha value is -6.05. The van der Waals surface area contributed by atoms with Gasteiger partial charge in [0.25, 0.3) is 5.91 Å². The number of hydrogen-bond acceptors (Lipinski definition) is 11. The lowest BCUT2D eigenvalue weighted by atomic mass is 9.77. The second-order valence-corrected chi connectivity index (χ2v) is 18.1. The topological polar surface area (TPSA) is 255 Å². The molecule has 4 aliphatic rings. The second-order valence-electron chi connectivity index (χ2n) is 18.1. The number of nitriles is 2. The molecule has 3 unspecified atom stereocenters. The van der Waals surface area contributed by atoms with E-state index in [0.717, 1.165) is 42.4 Å². The van der Waals surface area contributed by atoms with Gasteiger partial charge in [0, 0.05) is 49.4 Å². The molecule has 0 radical (unpaired) electrons. The van der Waals surface area contributed by atoms with Crippen LogP contribution >= 0.6 is 0 Å². The van der Waals surface area contributed by atoms with Crippen molar-refractivity contribution in [1.82, 2.24) is 30.2 Å². The molecule has 3 atom stereocenters. The quantitative estimate of drug-likeness (QED) is 0.0681. The predicted octanol–water partition coefficient (Wildman–Crippen LogP) is 5.18. The number of benzene rings is 2. The Labute approximate surface area is 369 Å². The first-order valence-corrected chi connectivity index (χ1v) is 22.1. The van der Waals surface area contributed by atoms with Crippen LogP contribution in [0.4, 0.5) is 20.4 Å². The number of amides is 3. The Morgan fingerprint density at radius 1 is 0.797 bits per heavy atom. The van der Waals surface area contributed by atoms with Gasteiger partial charge in [0.05, 0.1) is 41.6 Å². The number of primary amides is 1. The minimum absolute atomic E-state index is 0.0523. The van der Waals surface area contributed by atoms with Crippen LogP contribution in [0.2, 0.25) is 0 Å². The van der Waals surface area contributed by atoms with Crippen LogP contribution in [-0.4, -0.2) is 54.5 Å². The van der Waals surface area contributed by atoms with Gasteiger partial charge in [-0.15, -0.1) is 0 Å². The Kier molecular flexibility index (Phi) is 12.9. The molecule has 0 saturated heterocycles. The van der Waals surface area contributed by atoms with Gasteiger partial charge < -0.3 is 37.8 Å². The number of halogens is 2. The molecule has 336 valence electrons. The van der Waals surface area contributed by atoms with E-state index in [1.165, 1.54) is 30.5 Å². The van der Waals surface area contributed by atoms with Crippen LogP contribution in [0.1, 0.15) is 128 Å². The number of anilines is 2. The van der Waals surface area contributed by atoms with Crippen molar-refractivity contribution in [1.29, 1.82) is 10.5 Å². The minimum Gasteiger partial charge on any atom is -0.374 e. The largest absolute Gasteiger partial charge is 0.374 e. The molecule has 0 spiro atoms. The third-order valence-electron chi connectivity index (χ3n) is 13.8. The fourth-order valence-electron chi connectivity index (χ4n) is 9.61. The molecule has 4 aliphatic carbocycles. The average molecular weight is 877 g/mol. The number of rotatable bonds is 17. The van der Waals surface area contributed by atoms with Crippen molar-refractivity contribution in [3.8, 4) is 12.1 Å². The zero-order valence-electron chi connectivity index (χ0n) is 35.5. The fourth-order valence-corrected chi connectivity index (χ4v) is 9.61. The van der Waals surface area contributed by atoms with Crippen molar-refractivity contribution in [3.05, 3.63) is 94.3 Å². The second kappa shape index (κ2) is 18.6. The van der Waals surface area contributed by atoms with Crippen LogP contribution < -0.4 is 32.7 Å².